The van der Waals surface area contributed by atoms with Crippen LogP contribution in [0.1, 0.15) is 16.1 Å². The van der Waals surface area contributed by atoms with Crippen LogP contribution < -0.4 is 10.6 Å². The number of furan rings is 1. The smallest absolute Gasteiger partial charge is 0.270 e. The predicted molar refractivity (Wildman–Crippen MR) is 120 cm³/mol. The molecule has 1 saturated heterocycles. The summed E-state index contributed by atoms with van der Waals surface area (Å²) in [6.45, 7) is 0. The molecule has 0 bridgehead atoms. The van der Waals surface area contributed by atoms with Crippen molar-refractivity contribution >= 4 is 63.5 Å². The van der Waals surface area contributed by atoms with Crippen LogP contribution >= 0.6 is 35.6 Å². The Labute approximate surface area is 181 Å². The second kappa shape index (κ2) is 7.87. The van der Waals surface area contributed by atoms with Gasteiger partial charge in [0, 0.05) is 16.7 Å². The van der Waals surface area contributed by atoms with E-state index in [9.17, 15) is 9.59 Å². The molecule has 1 aromatic heterocycles. The maximum Gasteiger partial charge on any atom is 0.270 e. The Hall–Kier alpha value is -2.87. The molecule has 0 unspecified atom stereocenters. The molecule has 0 spiro atoms. The SMILES string of the molecule is NC(=O)c1ccccc1N1C(=O)/C(=C\c2ccc(-c3cccc(Cl)c3)o2)SC1=S. The number of primary amides is 1. The Balaban J connectivity index is 1.65. The van der Waals surface area contributed by atoms with Gasteiger partial charge in [0.25, 0.3) is 11.8 Å². The fourth-order valence-corrected chi connectivity index (χ4v) is 4.36. The fourth-order valence-electron chi connectivity index (χ4n) is 2.91. The lowest BCUT2D eigenvalue weighted by Crippen LogP contribution is -2.30. The van der Waals surface area contributed by atoms with Gasteiger partial charge in [0.05, 0.1) is 16.2 Å². The molecule has 2 heterocycles. The summed E-state index contributed by atoms with van der Waals surface area (Å²) in [5.74, 6) is 0.169. The maximum atomic E-state index is 13.0. The zero-order chi connectivity index (χ0) is 20.5. The monoisotopic (exact) mass is 440 g/mol. The number of thiocarbonyl (C=S) groups is 1. The zero-order valence-corrected chi connectivity index (χ0v) is 17.2. The summed E-state index contributed by atoms with van der Waals surface area (Å²) in [7, 11) is 0. The van der Waals surface area contributed by atoms with Crippen molar-refractivity contribution in [3.05, 3.63) is 81.9 Å². The van der Waals surface area contributed by atoms with E-state index in [1.54, 1.807) is 54.6 Å². The molecule has 4 rings (SSSR count). The van der Waals surface area contributed by atoms with E-state index >= 15 is 0 Å². The van der Waals surface area contributed by atoms with Crippen LogP contribution in [-0.2, 0) is 4.79 Å². The van der Waals surface area contributed by atoms with E-state index in [1.165, 1.54) is 4.90 Å². The number of hydrogen-bond donors (Lipinski definition) is 1. The number of anilines is 1. The molecule has 3 aromatic rings. The van der Waals surface area contributed by atoms with Crippen LogP contribution in [-0.4, -0.2) is 16.1 Å². The lowest BCUT2D eigenvalue weighted by molar-refractivity contribution is -0.113. The number of amides is 2. The zero-order valence-electron chi connectivity index (χ0n) is 14.8. The summed E-state index contributed by atoms with van der Waals surface area (Å²) in [5, 5.41) is 0.606. The van der Waals surface area contributed by atoms with E-state index < -0.39 is 5.91 Å². The second-order valence-corrected chi connectivity index (χ2v) is 8.22. The first kappa shape index (κ1) is 19.4. The van der Waals surface area contributed by atoms with Gasteiger partial charge < -0.3 is 10.2 Å². The number of benzene rings is 2. The van der Waals surface area contributed by atoms with Gasteiger partial charge >= 0.3 is 0 Å². The predicted octanol–water partition coefficient (Wildman–Crippen LogP) is 5.10. The van der Waals surface area contributed by atoms with Gasteiger partial charge in [-0.05, 0) is 36.4 Å². The van der Waals surface area contributed by atoms with Crippen molar-refractivity contribution in [1.29, 1.82) is 0 Å². The van der Waals surface area contributed by atoms with E-state index in [1.807, 2.05) is 12.1 Å². The van der Waals surface area contributed by atoms with Crippen LogP contribution in [0.2, 0.25) is 5.02 Å². The van der Waals surface area contributed by atoms with E-state index in [2.05, 4.69) is 0 Å². The Morgan fingerprint density at radius 3 is 2.69 bits per heavy atom. The summed E-state index contributed by atoms with van der Waals surface area (Å²) in [6.07, 6.45) is 1.63. The topological polar surface area (TPSA) is 76.5 Å². The number of para-hydroxylation sites is 1. The minimum absolute atomic E-state index is 0.228. The molecule has 0 aliphatic carbocycles. The van der Waals surface area contributed by atoms with Crippen molar-refractivity contribution in [2.75, 3.05) is 4.90 Å². The highest BCUT2D eigenvalue weighted by atomic mass is 35.5. The van der Waals surface area contributed by atoms with Gasteiger partial charge in [-0.2, -0.15) is 0 Å². The Kier molecular flexibility index (Phi) is 5.27. The van der Waals surface area contributed by atoms with Gasteiger partial charge in [0.15, 0.2) is 4.32 Å². The third kappa shape index (κ3) is 3.85. The first-order valence-electron chi connectivity index (χ1n) is 8.46. The van der Waals surface area contributed by atoms with Crippen molar-refractivity contribution in [2.24, 2.45) is 5.73 Å². The van der Waals surface area contributed by atoms with Crippen LogP contribution in [0.25, 0.3) is 17.4 Å². The van der Waals surface area contributed by atoms with Gasteiger partial charge in [-0.1, -0.05) is 59.8 Å². The molecule has 0 saturated carbocycles. The van der Waals surface area contributed by atoms with Gasteiger partial charge in [-0.3, -0.25) is 14.5 Å². The molecule has 1 aliphatic rings. The highest BCUT2D eigenvalue weighted by molar-refractivity contribution is 8.27. The van der Waals surface area contributed by atoms with E-state index in [4.69, 9.17) is 34.0 Å². The van der Waals surface area contributed by atoms with Crippen LogP contribution in [0, 0.1) is 0 Å². The summed E-state index contributed by atoms with van der Waals surface area (Å²) in [4.78, 5) is 26.4. The Morgan fingerprint density at radius 1 is 1.14 bits per heavy atom. The van der Waals surface area contributed by atoms with Crippen molar-refractivity contribution < 1.29 is 14.0 Å². The van der Waals surface area contributed by atoms with Gasteiger partial charge in [-0.25, -0.2) is 0 Å². The number of carbonyl (C=O) groups excluding carboxylic acids is 2. The molecule has 2 N–H and O–H groups in total. The molecule has 2 amide bonds. The van der Waals surface area contributed by atoms with Crippen LogP contribution in [0.15, 0.2) is 70.0 Å². The lowest BCUT2D eigenvalue weighted by Gasteiger charge is -2.17. The van der Waals surface area contributed by atoms with Gasteiger partial charge in [-0.15, -0.1) is 0 Å². The third-order valence-electron chi connectivity index (χ3n) is 4.21. The van der Waals surface area contributed by atoms with Crippen LogP contribution in [0.3, 0.4) is 0 Å². The third-order valence-corrected chi connectivity index (χ3v) is 5.75. The van der Waals surface area contributed by atoms with Crippen LogP contribution in [0.4, 0.5) is 5.69 Å². The van der Waals surface area contributed by atoms with Gasteiger partial charge in [0.1, 0.15) is 11.5 Å². The quantitative estimate of drug-likeness (QED) is 0.451. The summed E-state index contributed by atoms with van der Waals surface area (Å²) in [5.41, 5.74) is 6.86. The molecule has 0 radical (unpaired) electrons. The first-order valence-corrected chi connectivity index (χ1v) is 10.1. The number of nitrogens with zero attached hydrogens (tertiary/aromatic N) is 1. The molecule has 1 fully saturated rings. The molecule has 29 heavy (non-hydrogen) atoms. The average molecular weight is 441 g/mol. The fraction of sp³-hybridized carbons (Fsp3) is 0. The van der Waals surface area contributed by atoms with Crippen molar-refractivity contribution in [1.82, 2.24) is 0 Å². The molecule has 5 nitrogen and oxygen atoms in total. The standard InChI is InChI=1S/C21H13ClN2O3S2/c22-13-5-3-4-12(10-13)17-9-8-14(27-17)11-18-20(26)24(21(28)29-18)16-7-2-1-6-15(16)19(23)25/h1-11H,(H2,23,25)/b18-11+. The molecule has 1 aliphatic heterocycles. The summed E-state index contributed by atoms with van der Waals surface area (Å²) in [6, 6.07) is 17.5. The molecule has 0 atom stereocenters. The maximum absolute atomic E-state index is 13.0. The van der Waals surface area contributed by atoms with Crippen LogP contribution in [0.5, 0.6) is 0 Å². The highest BCUT2D eigenvalue weighted by Crippen LogP contribution is 2.38. The highest BCUT2D eigenvalue weighted by Gasteiger charge is 2.35. The molecule has 144 valence electrons. The lowest BCUT2D eigenvalue weighted by atomic mass is 10.1. The minimum Gasteiger partial charge on any atom is -0.457 e. The largest absolute Gasteiger partial charge is 0.457 e. The second-order valence-electron chi connectivity index (χ2n) is 6.11. The Morgan fingerprint density at radius 2 is 1.93 bits per heavy atom. The van der Waals surface area contributed by atoms with E-state index in [0.717, 1.165) is 17.3 Å². The normalized spacial score (nSPS) is 15.3. The first-order chi connectivity index (χ1) is 13.9. The number of hydrogen-bond acceptors (Lipinski definition) is 5. The van der Waals surface area contributed by atoms with E-state index in [0.29, 0.717) is 31.5 Å². The summed E-state index contributed by atoms with van der Waals surface area (Å²) >= 11 is 12.5. The number of nitrogens with two attached hydrogens (primary N) is 1. The summed E-state index contributed by atoms with van der Waals surface area (Å²) < 4.78 is 6.15. The average Bonchev–Trinajstić information content (AvgIpc) is 3.26. The Bertz CT molecular complexity index is 1190. The van der Waals surface area contributed by atoms with Crippen molar-refractivity contribution in [3.63, 3.8) is 0 Å². The van der Waals surface area contributed by atoms with E-state index in [-0.39, 0.29) is 11.5 Å². The van der Waals surface area contributed by atoms with Crippen molar-refractivity contribution in [3.8, 4) is 11.3 Å². The molecule has 2 aromatic carbocycles. The van der Waals surface area contributed by atoms with Crippen molar-refractivity contribution in [2.45, 2.75) is 0 Å². The number of carbonyl (C=O) groups is 2. The number of halogens is 1. The molecule has 8 heteroatoms. The minimum atomic E-state index is -0.629. The molecular weight excluding hydrogens is 428 g/mol. The number of thioether (sulfide) groups is 1. The molecular formula is C21H13ClN2O3S2. The number of rotatable bonds is 4. The van der Waals surface area contributed by atoms with Gasteiger partial charge in [0.2, 0.25) is 0 Å².